The van der Waals surface area contributed by atoms with E-state index in [9.17, 15) is 9.59 Å². The Bertz CT molecular complexity index is 711. The molecule has 1 aliphatic carbocycles. The second-order valence-corrected chi connectivity index (χ2v) is 7.05. The Morgan fingerprint density at radius 2 is 1.96 bits per heavy atom. The summed E-state index contributed by atoms with van der Waals surface area (Å²) < 4.78 is 5.12. The van der Waals surface area contributed by atoms with Crippen molar-refractivity contribution >= 4 is 23.5 Å². The number of ether oxygens (including phenoxy) is 1. The van der Waals surface area contributed by atoms with Crippen molar-refractivity contribution < 1.29 is 14.3 Å². The summed E-state index contributed by atoms with van der Waals surface area (Å²) in [5.41, 5.74) is 1.16. The average molecular weight is 344 g/mol. The molecule has 0 bridgehead atoms. The summed E-state index contributed by atoms with van der Waals surface area (Å²) in [6.07, 6.45) is 4.45. The van der Waals surface area contributed by atoms with Crippen LogP contribution >= 0.6 is 0 Å². The third kappa shape index (κ3) is 2.85. The second kappa shape index (κ2) is 6.28. The molecular formula is C18H24N4O3. The lowest BCUT2D eigenvalue weighted by atomic mass is 9.92. The van der Waals surface area contributed by atoms with Crippen LogP contribution in [0.25, 0.3) is 0 Å². The van der Waals surface area contributed by atoms with Gasteiger partial charge in [0.2, 0.25) is 5.95 Å². The molecule has 0 radical (unpaired) electrons. The number of anilines is 2. The van der Waals surface area contributed by atoms with Crippen LogP contribution in [0.3, 0.4) is 0 Å². The predicted molar refractivity (Wildman–Crippen MR) is 93.0 cm³/mol. The molecule has 1 aromatic heterocycles. The molecular weight excluding hydrogens is 320 g/mol. The molecule has 1 saturated heterocycles. The van der Waals surface area contributed by atoms with Crippen LogP contribution in [0.2, 0.25) is 0 Å². The first-order valence-electron chi connectivity index (χ1n) is 9.21. The number of carbonyl (C=O) groups excluding carboxylic acids is 2. The Balaban J connectivity index is 1.75. The van der Waals surface area contributed by atoms with E-state index in [2.05, 4.69) is 14.8 Å². The first-order chi connectivity index (χ1) is 12.1. The summed E-state index contributed by atoms with van der Waals surface area (Å²) in [5.74, 6) is 0.0138. The van der Waals surface area contributed by atoms with Crippen molar-refractivity contribution in [1.29, 1.82) is 0 Å². The van der Waals surface area contributed by atoms with Gasteiger partial charge in [-0.1, -0.05) is 0 Å². The molecule has 7 nitrogen and oxygen atoms in total. The number of aryl methyl sites for hydroxylation is 1. The van der Waals surface area contributed by atoms with E-state index in [0.717, 1.165) is 38.8 Å². The molecule has 0 aromatic carbocycles. The number of fused-ring (bicyclic) bond motifs is 1. The van der Waals surface area contributed by atoms with Gasteiger partial charge >= 0.3 is 5.97 Å². The number of nitrogens with zero attached hydrogens (tertiary/aromatic N) is 4. The van der Waals surface area contributed by atoms with Crippen molar-refractivity contribution in [1.82, 2.24) is 9.97 Å². The van der Waals surface area contributed by atoms with E-state index in [1.54, 1.807) is 6.92 Å². The zero-order valence-electron chi connectivity index (χ0n) is 14.8. The number of ketones is 1. The van der Waals surface area contributed by atoms with Gasteiger partial charge in [-0.15, -0.1) is 0 Å². The van der Waals surface area contributed by atoms with Crippen LogP contribution in [0, 0.1) is 12.8 Å². The van der Waals surface area contributed by atoms with Gasteiger partial charge in [-0.3, -0.25) is 9.59 Å². The van der Waals surface area contributed by atoms with Crippen molar-refractivity contribution in [2.75, 3.05) is 36.0 Å². The van der Waals surface area contributed by atoms with Crippen LogP contribution < -0.4 is 9.80 Å². The predicted octanol–water partition coefficient (Wildman–Crippen LogP) is 1.73. The van der Waals surface area contributed by atoms with Crippen molar-refractivity contribution in [2.24, 2.45) is 5.92 Å². The highest BCUT2D eigenvalue weighted by molar-refractivity contribution is 6.13. The molecule has 1 saturated carbocycles. The molecule has 2 aliphatic heterocycles. The van der Waals surface area contributed by atoms with Crippen LogP contribution in [-0.2, 0) is 9.53 Å². The van der Waals surface area contributed by atoms with Gasteiger partial charge in [0.25, 0.3) is 0 Å². The third-order valence-electron chi connectivity index (χ3n) is 5.22. The van der Waals surface area contributed by atoms with E-state index in [4.69, 9.17) is 9.72 Å². The number of esters is 1. The van der Waals surface area contributed by atoms with Crippen molar-refractivity contribution in [2.45, 2.75) is 45.6 Å². The quantitative estimate of drug-likeness (QED) is 0.608. The summed E-state index contributed by atoms with van der Waals surface area (Å²) in [4.78, 5) is 38.9. The van der Waals surface area contributed by atoms with E-state index in [-0.39, 0.29) is 12.4 Å². The normalized spacial score (nSPS) is 23.0. The zero-order chi connectivity index (χ0) is 17.6. The van der Waals surface area contributed by atoms with E-state index in [0.29, 0.717) is 35.6 Å². The number of Topliss-reactive ketones (excluding diaryl/α,β-unsaturated/α-hetero) is 1. The number of rotatable bonds is 4. The Hall–Kier alpha value is -2.18. The largest absolute Gasteiger partial charge is 0.465 e. The minimum Gasteiger partial charge on any atom is -0.465 e. The summed E-state index contributed by atoms with van der Waals surface area (Å²) >= 11 is 0. The highest BCUT2D eigenvalue weighted by Gasteiger charge is 2.44. The summed E-state index contributed by atoms with van der Waals surface area (Å²) in [7, 11) is 0. The fourth-order valence-electron chi connectivity index (χ4n) is 3.77. The van der Waals surface area contributed by atoms with E-state index in [1.807, 2.05) is 6.92 Å². The van der Waals surface area contributed by atoms with Crippen LogP contribution in [0.5, 0.6) is 0 Å². The molecule has 1 atom stereocenters. The monoisotopic (exact) mass is 344 g/mol. The highest BCUT2D eigenvalue weighted by Crippen LogP contribution is 2.39. The standard InChI is InChI=1S/C18H24N4O3/c1-3-25-17(24)13-10-22(12-6-7-12)16-14(15(13)23)11(2)19-18(20-16)21-8-4-5-9-21/h12-13H,3-10H2,1-2H3. The van der Waals surface area contributed by atoms with Gasteiger partial charge < -0.3 is 14.5 Å². The highest BCUT2D eigenvalue weighted by atomic mass is 16.5. The topological polar surface area (TPSA) is 75.6 Å². The smallest absolute Gasteiger partial charge is 0.318 e. The Labute approximate surface area is 147 Å². The maximum atomic E-state index is 13.0. The Kier molecular flexibility index (Phi) is 4.09. The Morgan fingerprint density at radius 3 is 2.60 bits per heavy atom. The Morgan fingerprint density at radius 1 is 1.24 bits per heavy atom. The van der Waals surface area contributed by atoms with Crippen molar-refractivity contribution in [3.63, 3.8) is 0 Å². The first kappa shape index (κ1) is 16.3. The molecule has 1 aromatic rings. The molecule has 0 amide bonds. The lowest BCUT2D eigenvalue weighted by Crippen LogP contribution is -2.46. The minimum absolute atomic E-state index is 0.198. The number of hydrogen-bond acceptors (Lipinski definition) is 7. The summed E-state index contributed by atoms with van der Waals surface area (Å²) in [6, 6.07) is 0.365. The maximum absolute atomic E-state index is 13.0. The molecule has 134 valence electrons. The average Bonchev–Trinajstić information content (AvgIpc) is 3.28. The number of carbonyl (C=O) groups is 2. The summed E-state index contributed by atoms with van der Waals surface area (Å²) in [5, 5.41) is 0. The zero-order valence-corrected chi connectivity index (χ0v) is 14.8. The lowest BCUT2D eigenvalue weighted by Gasteiger charge is -2.34. The fraction of sp³-hybridized carbons (Fsp3) is 0.667. The van der Waals surface area contributed by atoms with Gasteiger partial charge in [0.05, 0.1) is 17.9 Å². The lowest BCUT2D eigenvalue weighted by molar-refractivity contribution is -0.145. The van der Waals surface area contributed by atoms with Crippen LogP contribution in [-0.4, -0.2) is 54.0 Å². The minimum atomic E-state index is -0.770. The van der Waals surface area contributed by atoms with E-state index in [1.165, 1.54) is 0 Å². The molecule has 3 aliphatic rings. The summed E-state index contributed by atoms with van der Waals surface area (Å²) in [6.45, 7) is 6.17. The van der Waals surface area contributed by atoms with Crippen molar-refractivity contribution in [3.05, 3.63) is 11.3 Å². The molecule has 2 fully saturated rings. The molecule has 7 heteroatoms. The first-order valence-corrected chi connectivity index (χ1v) is 9.21. The fourth-order valence-corrected chi connectivity index (χ4v) is 3.77. The van der Waals surface area contributed by atoms with Crippen LogP contribution in [0.15, 0.2) is 0 Å². The van der Waals surface area contributed by atoms with Gasteiger partial charge in [0.1, 0.15) is 11.7 Å². The molecule has 3 heterocycles. The molecule has 0 spiro atoms. The molecule has 0 N–H and O–H groups in total. The third-order valence-corrected chi connectivity index (χ3v) is 5.22. The molecule has 1 unspecified atom stereocenters. The molecule has 4 rings (SSSR count). The number of hydrogen-bond donors (Lipinski definition) is 0. The van der Waals surface area contributed by atoms with E-state index >= 15 is 0 Å². The van der Waals surface area contributed by atoms with Gasteiger partial charge in [0, 0.05) is 25.7 Å². The van der Waals surface area contributed by atoms with Crippen molar-refractivity contribution in [3.8, 4) is 0 Å². The maximum Gasteiger partial charge on any atom is 0.318 e. The van der Waals surface area contributed by atoms with Gasteiger partial charge in [-0.05, 0) is 39.5 Å². The second-order valence-electron chi connectivity index (χ2n) is 7.05. The van der Waals surface area contributed by atoms with Gasteiger partial charge in [-0.25, -0.2) is 4.98 Å². The van der Waals surface area contributed by atoms with Crippen LogP contribution in [0.4, 0.5) is 11.8 Å². The molecule has 25 heavy (non-hydrogen) atoms. The SMILES string of the molecule is CCOC(=O)C1CN(C2CC2)c2nc(N3CCCC3)nc(C)c2C1=O. The van der Waals surface area contributed by atoms with Gasteiger partial charge in [0.15, 0.2) is 5.78 Å². The van der Waals surface area contributed by atoms with Gasteiger partial charge in [-0.2, -0.15) is 4.98 Å². The van der Waals surface area contributed by atoms with Crippen LogP contribution in [0.1, 0.15) is 48.7 Å². The number of aromatic nitrogens is 2. The van der Waals surface area contributed by atoms with E-state index < -0.39 is 11.9 Å².